The molecule has 2 aliphatic rings. The smallest absolute Gasteiger partial charge is 0.316 e. The van der Waals surface area contributed by atoms with E-state index in [1.54, 1.807) is 12.1 Å². The summed E-state index contributed by atoms with van der Waals surface area (Å²) in [6.45, 7) is 3.76. The summed E-state index contributed by atoms with van der Waals surface area (Å²) < 4.78 is 10.7. The van der Waals surface area contributed by atoms with Crippen LogP contribution in [-0.4, -0.2) is 18.9 Å². The van der Waals surface area contributed by atoms with Crippen LogP contribution in [0.25, 0.3) is 11.0 Å². The number of anilines is 2. The molecule has 0 unspecified atom stereocenters. The predicted octanol–water partition coefficient (Wildman–Crippen LogP) is 4.33. The molecule has 2 N–H and O–H groups in total. The maximum Gasteiger partial charge on any atom is 0.316 e. The van der Waals surface area contributed by atoms with E-state index in [0.717, 1.165) is 16.9 Å². The third kappa shape index (κ3) is 3.40. The number of methoxy groups -OCH3 is 1. The van der Waals surface area contributed by atoms with Gasteiger partial charge in [-0.15, -0.1) is 0 Å². The number of allylic oxidation sites excluding steroid dienone is 1. The van der Waals surface area contributed by atoms with Crippen molar-refractivity contribution in [2.45, 2.75) is 26.3 Å². The molecule has 0 bridgehead atoms. The van der Waals surface area contributed by atoms with Gasteiger partial charge in [-0.2, -0.15) is 0 Å². The van der Waals surface area contributed by atoms with Crippen LogP contribution in [0.3, 0.4) is 0 Å². The molecule has 0 saturated heterocycles. The van der Waals surface area contributed by atoms with E-state index in [-0.39, 0.29) is 17.1 Å². The lowest BCUT2D eigenvalue weighted by Gasteiger charge is -2.32. The van der Waals surface area contributed by atoms with E-state index in [1.807, 2.05) is 44.2 Å². The molecule has 168 valence electrons. The summed E-state index contributed by atoms with van der Waals surface area (Å²) in [6.07, 6.45) is 1.88. The number of ether oxygens (including phenoxy) is 1. The molecule has 0 fully saturated rings. The molecule has 1 aliphatic carbocycles. The molecule has 7 heteroatoms. The van der Waals surface area contributed by atoms with E-state index in [9.17, 15) is 14.4 Å². The number of carbonyl (C=O) groups is 2. The van der Waals surface area contributed by atoms with Crippen LogP contribution in [0.15, 0.2) is 69.2 Å². The zero-order chi connectivity index (χ0) is 23.3. The second-order valence-electron chi connectivity index (χ2n) is 8.71. The van der Waals surface area contributed by atoms with Gasteiger partial charge in [0.1, 0.15) is 17.8 Å². The van der Waals surface area contributed by atoms with Gasteiger partial charge in [-0.25, -0.2) is 0 Å². The van der Waals surface area contributed by atoms with Gasteiger partial charge in [0.05, 0.1) is 35.5 Å². The molecule has 0 spiro atoms. The molecule has 3 atom stereocenters. The van der Waals surface area contributed by atoms with Crippen molar-refractivity contribution in [3.8, 4) is 0 Å². The Kier molecular flexibility index (Phi) is 5.04. The number of nitrogens with one attached hydrogen (secondary N) is 2. The summed E-state index contributed by atoms with van der Waals surface area (Å²) in [5, 5.41) is 7.19. The first kappa shape index (κ1) is 21.0. The molecule has 5 rings (SSSR count). The van der Waals surface area contributed by atoms with Crippen molar-refractivity contribution in [2.24, 2.45) is 11.8 Å². The molecular weight excluding hydrogens is 420 g/mol. The van der Waals surface area contributed by atoms with Crippen molar-refractivity contribution in [3.63, 3.8) is 0 Å². The zero-order valence-corrected chi connectivity index (χ0v) is 18.6. The Balaban J connectivity index is 1.74. The van der Waals surface area contributed by atoms with Gasteiger partial charge in [-0.1, -0.05) is 30.7 Å². The highest BCUT2D eigenvalue weighted by atomic mass is 16.5. The summed E-state index contributed by atoms with van der Waals surface area (Å²) in [5.74, 6) is -2.11. The van der Waals surface area contributed by atoms with Crippen molar-refractivity contribution in [2.75, 3.05) is 17.7 Å². The Bertz CT molecular complexity index is 1390. The highest BCUT2D eigenvalue weighted by Crippen LogP contribution is 2.43. The fraction of sp³-hybridized carbons (Fsp3) is 0.269. The predicted molar refractivity (Wildman–Crippen MR) is 125 cm³/mol. The zero-order valence-electron chi connectivity index (χ0n) is 18.6. The van der Waals surface area contributed by atoms with E-state index < -0.39 is 17.9 Å². The van der Waals surface area contributed by atoms with Crippen LogP contribution in [0, 0.1) is 18.8 Å². The minimum Gasteiger partial charge on any atom is -0.468 e. The molecular formula is C26H24N2O5. The number of rotatable bonds is 2. The molecule has 0 saturated carbocycles. The number of fused-ring (bicyclic) bond motifs is 2. The van der Waals surface area contributed by atoms with Gasteiger partial charge < -0.3 is 19.8 Å². The lowest BCUT2D eigenvalue weighted by atomic mass is 9.75. The molecule has 1 aliphatic heterocycles. The fourth-order valence-corrected chi connectivity index (χ4v) is 4.83. The van der Waals surface area contributed by atoms with Gasteiger partial charge in [-0.3, -0.25) is 14.4 Å². The minimum absolute atomic E-state index is 0.218. The second kappa shape index (κ2) is 7.92. The number of hydrogen-bond donors (Lipinski definition) is 2. The lowest BCUT2D eigenvalue weighted by molar-refractivity contribution is -0.151. The second-order valence-corrected chi connectivity index (χ2v) is 8.71. The summed E-state index contributed by atoms with van der Waals surface area (Å²) in [5.41, 5.74) is 4.10. The maximum atomic E-state index is 13.7. The first-order valence-corrected chi connectivity index (χ1v) is 10.9. The van der Waals surface area contributed by atoms with Crippen LogP contribution in [0.5, 0.6) is 0 Å². The highest BCUT2D eigenvalue weighted by molar-refractivity contribution is 6.11. The quantitative estimate of drug-likeness (QED) is 0.448. The number of hydrogen-bond acceptors (Lipinski definition) is 7. The Hall–Kier alpha value is -3.87. The third-order valence-electron chi connectivity index (χ3n) is 6.49. The van der Waals surface area contributed by atoms with Crippen LogP contribution in [0.4, 0.5) is 11.4 Å². The summed E-state index contributed by atoms with van der Waals surface area (Å²) >= 11 is 0. The van der Waals surface area contributed by atoms with Crippen molar-refractivity contribution in [3.05, 3.63) is 81.3 Å². The molecule has 3 aromatic rings. The van der Waals surface area contributed by atoms with Crippen molar-refractivity contribution in [1.29, 1.82) is 0 Å². The van der Waals surface area contributed by atoms with Crippen LogP contribution in [-0.2, 0) is 14.3 Å². The van der Waals surface area contributed by atoms with Gasteiger partial charge in [-0.05, 0) is 43.5 Å². The van der Waals surface area contributed by atoms with Crippen LogP contribution in [0.2, 0.25) is 0 Å². The summed E-state index contributed by atoms with van der Waals surface area (Å²) in [6, 6.07) is 12.2. The molecule has 33 heavy (non-hydrogen) atoms. The molecule has 2 aromatic carbocycles. The van der Waals surface area contributed by atoms with E-state index in [2.05, 4.69) is 10.6 Å². The summed E-state index contributed by atoms with van der Waals surface area (Å²) in [7, 11) is 1.28. The van der Waals surface area contributed by atoms with Crippen LogP contribution < -0.4 is 16.1 Å². The van der Waals surface area contributed by atoms with Gasteiger partial charge in [0.15, 0.2) is 11.2 Å². The number of benzene rings is 2. The topological polar surface area (TPSA) is 97.6 Å². The maximum absolute atomic E-state index is 13.7. The highest BCUT2D eigenvalue weighted by Gasteiger charge is 2.45. The number of carbonyl (C=O) groups excluding carboxylic acids is 2. The first-order chi connectivity index (χ1) is 15.9. The number of para-hydroxylation sites is 2. The Morgan fingerprint density at radius 3 is 2.64 bits per heavy atom. The van der Waals surface area contributed by atoms with E-state index in [1.165, 1.54) is 13.4 Å². The van der Waals surface area contributed by atoms with Gasteiger partial charge in [0, 0.05) is 11.3 Å². The van der Waals surface area contributed by atoms with Gasteiger partial charge in [0.2, 0.25) is 0 Å². The Morgan fingerprint density at radius 2 is 1.88 bits per heavy atom. The first-order valence-electron chi connectivity index (χ1n) is 10.9. The largest absolute Gasteiger partial charge is 0.468 e. The van der Waals surface area contributed by atoms with E-state index in [0.29, 0.717) is 34.2 Å². The Morgan fingerprint density at radius 1 is 1.12 bits per heavy atom. The van der Waals surface area contributed by atoms with Crippen LogP contribution >= 0.6 is 0 Å². The SMILES string of the molecule is COC(=O)[C@@H]1C(=O)C2=C(C[C@@H]1C)Nc1ccccc1N[C@H]2c1coc2ccc(C)cc2c1=O. The minimum atomic E-state index is -0.934. The number of Topliss-reactive ketones (excluding diaryl/α,β-unsaturated/α-hetero) is 1. The molecule has 7 nitrogen and oxygen atoms in total. The lowest BCUT2D eigenvalue weighted by Crippen LogP contribution is -2.40. The van der Waals surface area contributed by atoms with Crippen molar-refractivity contribution < 1.29 is 18.7 Å². The standard InChI is InChI=1S/C26H24N2O5/c1-13-8-9-20-15(10-13)24(29)16(12-33-20)23-22-19(27-17-6-4-5-7-18(17)28-23)11-14(2)21(25(22)30)26(31)32-3/h4-10,12,14,21,23,27-28H,11H2,1-3H3/t14-,21-,23-/m0/s1. The fourth-order valence-electron chi connectivity index (χ4n) is 4.83. The third-order valence-corrected chi connectivity index (χ3v) is 6.49. The molecule has 0 radical (unpaired) electrons. The van der Waals surface area contributed by atoms with Gasteiger partial charge in [0.25, 0.3) is 0 Å². The normalized spacial score (nSPS) is 22.0. The van der Waals surface area contributed by atoms with Crippen molar-refractivity contribution in [1.82, 2.24) is 0 Å². The van der Waals surface area contributed by atoms with E-state index >= 15 is 0 Å². The molecule has 1 aromatic heterocycles. The van der Waals surface area contributed by atoms with Crippen molar-refractivity contribution >= 4 is 34.1 Å². The monoisotopic (exact) mass is 444 g/mol. The van der Waals surface area contributed by atoms with Crippen LogP contribution in [0.1, 0.15) is 30.5 Å². The molecule has 2 heterocycles. The average molecular weight is 444 g/mol. The number of aryl methyl sites for hydroxylation is 1. The average Bonchev–Trinajstić information content (AvgIpc) is 2.96. The number of esters is 1. The summed E-state index contributed by atoms with van der Waals surface area (Å²) in [4.78, 5) is 39.8. The molecule has 0 amide bonds. The Labute approximate surface area is 190 Å². The number of ketones is 1. The van der Waals surface area contributed by atoms with Gasteiger partial charge >= 0.3 is 5.97 Å². The van der Waals surface area contributed by atoms with E-state index in [4.69, 9.17) is 9.15 Å².